The molecule has 1 aromatic heterocycles. The number of hydrogen-bond acceptors (Lipinski definition) is 2. The van der Waals surface area contributed by atoms with Gasteiger partial charge in [-0.1, -0.05) is 0 Å². The molecule has 1 aromatic rings. The van der Waals surface area contributed by atoms with E-state index in [1.165, 1.54) is 37.9 Å². The summed E-state index contributed by atoms with van der Waals surface area (Å²) in [7, 11) is 0. The summed E-state index contributed by atoms with van der Waals surface area (Å²) in [4.78, 5) is 0. The lowest BCUT2D eigenvalue weighted by Crippen LogP contribution is -2.14. The largest absolute Gasteiger partial charge is 0.469 e. The molecule has 0 aromatic carbocycles. The maximum absolute atomic E-state index is 5.49. The lowest BCUT2D eigenvalue weighted by atomic mass is 9.96. The van der Waals surface area contributed by atoms with E-state index in [4.69, 9.17) is 4.42 Å². The minimum atomic E-state index is 0.815. The zero-order valence-electron chi connectivity index (χ0n) is 8.88. The highest BCUT2D eigenvalue weighted by atomic mass is 16.3. The van der Waals surface area contributed by atoms with Crippen molar-refractivity contribution in [2.24, 2.45) is 5.92 Å². The van der Waals surface area contributed by atoms with Crippen LogP contribution in [0.3, 0.4) is 0 Å². The van der Waals surface area contributed by atoms with Gasteiger partial charge in [-0.3, -0.25) is 0 Å². The normalized spacial score (nSPS) is 23.4. The Morgan fingerprint density at radius 1 is 1.43 bits per heavy atom. The summed E-state index contributed by atoms with van der Waals surface area (Å²) < 4.78 is 5.49. The Labute approximate surface area is 85.7 Å². The van der Waals surface area contributed by atoms with Crippen LogP contribution in [0.1, 0.15) is 30.6 Å². The fourth-order valence-electron chi connectivity index (χ4n) is 2.18. The van der Waals surface area contributed by atoms with Gasteiger partial charge in [0.2, 0.25) is 0 Å². The average molecular weight is 193 g/mol. The van der Waals surface area contributed by atoms with Crippen molar-refractivity contribution in [3.05, 3.63) is 23.7 Å². The van der Waals surface area contributed by atoms with E-state index in [2.05, 4.69) is 18.3 Å². The van der Waals surface area contributed by atoms with Crippen molar-refractivity contribution in [3.8, 4) is 0 Å². The van der Waals surface area contributed by atoms with Crippen LogP contribution in [0.2, 0.25) is 0 Å². The quantitative estimate of drug-likeness (QED) is 0.780. The zero-order valence-corrected chi connectivity index (χ0v) is 8.88. The van der Waals surface area contributed by atoms with Gasteiger partial charge in [0, 0.05) is 6.42 Å². The zero-order chi connectivity index (χ0) is 9.80. The molecule has 1 aliphatic heterocycles. The first kappa shape index (κ1) is 9.78. The number of furan rings is 1. The van der Waals surface area contributed by atoms with Gasteiger partial charge in [-0.05, 0) is 56.8 Å². The van der Waals surface area contributed by atoms with Gasteiger partial charge >= 0.3 is 0 Å². The van der Waals surface area contributed by atoms with Crippen LogP contribution in [0, 0.1) is 12.8 Å². The monoisotopic (exact) mass is 193 g/mol. The Kier molecular flexibility index (Phi) is 3.25. The van der Waals surface area contributed by atoms with Gasteiger partial charge in [-0.25, -0.2) is 0 Å². The fraction of sp³-hybridized carbons (Fsp3) is 0.667. The summed E-state index contributed by atoms with van der Waals surface area (Å²) in [5, 5.41) is 3.44. The maximum Gasteiger partial charge on any atom is 0.104 e. The van der Waals surface area contributed by atoms with Crippen molar-refractivity contribution in [2.75, 3.05) is 13.1 Å². The molecule has 2 nitrogen and oxygen atoms in total. The Hall–Kier alpha value is -0.760. The van der Waals surface area contributed by atoms with Gasteiger partial charge in [0.05, 0.1) is 6.26 Å². The molecule has 1 atom stereocenters. The molecule has 1 aliphatic rings. The third kappa shape index (κ3) is 2.61. The van der Waals surface area contributed by atoms with Gasteiger partial charge in [0.25, 0.3) is 0 Å². The number of aryl methyl sites for hydroxylation is 1. The molecule has 1 fully saturated rings. The highest BCUT2D eigenvalue weighted by Gasteiger charge is 2.13. The van der Waals surface area contributed by atoms with Crippen molar-refractivity contribution < 1.29 is 4.42 Å². The second-order valence-corrected chi connectivity index (χ2v) is 4.34. The maximum atomic E-state index is 5.49. The molecule has 2 heterocycles. The van der Waals surface area contributed by atoms with E-state index in [9.17, 15) is 0 Å². The average Bonchev–Trinajstić information content (AvgIpc) is 2.43. The Bertz CT molecular complexity index is 272. The summed E-state index contributed by atoms with van der Waals surface area (Å²) in [6.07, 6.45) is 6.91. The highest BCUT2D eigenvalue weighted by Crippen LogP contribution is 2.20. The van der Waals surface area contributed by atoms with Crippen LogP contribution in [0.4, 0.5) is 0 Å². The first-order valence-electron chi connectivity index (χ1n) is 5.59. The van der Waals surface area contributed by atoms with E-state index < -0.39 is 0 Å². The molecule has 1 N–H and O–H groups in total. The van der Waals surface area contributed by atoms with Crippen molar-refractivity contribution in [1.82, 2.24) is 5.32 Å². The molecule has 0 aliphatic carbocycles. The Balaban J connectivity index is 1.89. The van der Waals surface area contributed by atoms with Crippen molar-refractivity contribution in [3.63, 3.8) is 0 Å². The SMILES string of the molecule is Cc1coc(CC2CCCNCC2)c1. The number of nitrogens with one attached hydrogen (secondary N) is 1. The van der Waals surface area contributed by atoms with E-state index >= 15 is 0 Å². The lowest BCUT2D eigenvalue weighted by molar-refractivity contribution is 0.410. The third-order valence-electron chi connectivity index (χ3n) is 2.97. The van der Waals surface area contributed by atoms with Crippen LogP contribution in [0.5, 0.6) is 0 Å². The second-order valence-electron chi connectivity index (χ2n) is 4.34. The molecule has 0 amide bonds. The van der Waals surface area contributed by atoms with E-state index in [-0.39, 0.29) is 0 Å². The van der Waals surface area contributed by atoms with Crippen molar-refractivity contribution in [2.45, 2.75) is 32.6 Å². The molecule has 78 valence electrons. The van der Waals surface area contributed by atoms with Crippen molar-refractivity contribution in [1.29, 1.82) is 0 Å². The Morgan fingerprint density at radius 2 is 2.36 bits per heavy atom. The summed E-state index contributed by atoms with van der Waals surface area (Å²) >= 11 is 0. The van der Waals surface area contributed by atoms with Crippen LogP contribution in [0.15, 0.2) is 16.7 Å². The lowest BCUT2D eigenvalue weighted by Gasteiger charge is -2.10. The number of hydrogen-bond donors (Lipinski definition) is 1. The summed E-state index contributed by atoms with van der Waals surface area (Å²) in [5.41, 5.74) is 1.24. The van der Waals surface area contributed by atoms with E-state index in [1.54, 1.807) is 0 Å². The molecular weight excluding hydrogens is 174 g/mol. The molecule has 1 unspecified atom stereocenters. The first-order valence-corrected chi connectivity index (χ1v) is 5.59. The van der Waals surface area contributed by atoms with E-state index in [0.717, 1.165) is 18.1 Å². The molecule has 2 rings (SSSR count). The highest BCUT2D eigenvalue weighted by molar-refractivity contribution is 5.10. The molecule has 2 heteroatoms. The van der Waals surface area contributed by atoms with Gasteiger partial charge in [0.1, 0.15) is 5.76 Å². The van der Waals surface area contributed by atoms with Gasteiger partial charge in [0.15, 0.2) is 0 Å². The van der Waals surface area contributed by atoms with Crippen LogP contribution in [0.25, 0.3) is 0 Å². The van der Waals surface area contributed by atoms with Crippen LogP contribution >= 0.6 is 0 Å². The molecule has 0 bridgehead atoms. The van der Waals surface area contributed by atoms with E-state index in [0.29, 0.717) is 0 Å². The van der Waals surface area contributed by atoms with Gasteiger partial charge in [-0.2, -0.15) is 0 Å². The second kappa shape index (κ2) is 4.65. The first-order chi connectivity index (χ1) is 6.84. The molecular formula is C12H19NO. The van der Waals surface area contributed by atoms with Crippen LogP contribution in [-0.2, 0) is 6.42 Å². The van der Waals surface area contributed by atoms with Gasteiger partial charge < -0.3 is 9.73 Å². The molecule has 14 heavy (non-hydrogen) atoms. The molecule has 0 spiro atoms. The van der Waals surface area contributed by atoms with Gasteiger partial charge in [-0.15, -0.1) is 0 Å². The van der Waals surface area contributed by atoms with E-state index in [1.807, 2.05) is 6.26 Å². The van der Waals surface area contributed by atoms with Crippen LogP contribution < -0.4 is 5.32 Å². The summed E-state index contributed by atoms with van der Waals surface area (Å²) in [5.74, 6) is 1.98. The smallest absolute Gasteiger partial charge is 0.104 e. The van der Waals surface area contributed by atoms with Crippen LogP contribution in [-0.4, -0.2) is 13.1 Å². The fourth-order valence-corrected chi connectivity index (χ4v) is 2.18. The predicted octanol–water partition coefficient (Wildman–Crippen LogP) is 2.52. The topological polar surface area (TPSA) is 25.2 Å². The summed E-state index contributed by atoms with van der Waals surface area (Å²) in [6.45, 7) is 4.44. The number of rotatable bonds is 2. The summed E-state index contributed by atoms with van der Waals surface area (Å²) in [6, 6.07) is 2.16. The third-order valence-corrected chi connectivity index (χ3v) is 2.97. The molecule has 0 saturated carbocycles. The minimum Gasteiger partial charge on any atom is -0.469 e. The predicted molar refractivity (Wildman–Crippen MR) is 57.4 cm³/mol. The minimum absolute atomic E-state index is 0.815. The molecule has 1 saturated heterocycles. The standard InChI is InChI=1S/C12H19NO/c1-10-7-12(14-9-10)8-11-3-2-5-13-6-4-11/h7,9,11,13H,2-6,8H2,1H3. The molecule has 0 radical (unpaired) electrons. The Morgan fingerprint density at radius 3 is 3.14 bits per heavy atom. The van der Waals surface area contributed by atoms with Crippen molar-refractivity contribution >= 4 is 0 Å².